The zero-order valence-electron chi connectivity index (χ0n) is 22.9. The number of carbonyl (C=O) groups excluding carboxylic acids is 3. The Hall–Kier alpha value is -5.04. The number of hydrogen-bond donors (Lipinski definition) is 0. The normalized spacial score (nSPS) is 21.2. The second kappa shape index (κ2) is 9.52. The van der Waals surface area contributed by atoms with Crippen molar-refractivity contribution in [1.82, 2.24) is 0 Å². The van der Waals surface area contributed by atoms with Gasteiger partial charge in [0.15, 0.2) is 17.3 Å². The van der Waals surface area contributed by atoms with Crippen LogP contribution in [0.4, 0.5) is 10.1 Å². The number of Topliss-reactive ketones (excluding diaryl/α,β-unsaturated/α-hetero) is 3. The number of ether oxygens (including phenoxy) is 2. The van der Waals surface area contributed by atoms with Gasteiger partial charge >= 0.3 is 0 Å². The largest absolute Gasteiger partial charge is 0.497 e. The fourth-order valence-electron chi connectivity index (χ4n) is 7.13. The second-order valence-corrected chi connectivity index (χ2v) is 10.7. The van der Waals surface area contributed by atoms with E-state index in [1.807, 2.05) is 41.3 Å². The van der Waals surface area contributed by atoms with E-state index in [1.165, 1.54) is 38.5 Å². The molecule has 0 N–H and O–H groups in total. The molecule has 0 amide bonds. The van der Waals surface area contributed by atoms with E-state index in [0.717, 1.165) is 11.3 Å². The molecule has 3 unspecified atom stereocenters. The molecule has 1 aliphatic carbocycles. The highest BCUT2D eigenvalue weighted by atomic mass is 19.1. The van der Waals surface area contributed by atoms with Crippen LogP contribution in [0.25, 0.3) is 6.08 Å². The number of nitrogens with zero attached hydrogens (tertiary/aromatic N) is 1. The fraction of sp³-hybridized carbons (Fsp3) is 0.171. The highest BCUT2D eigenvalue weighted by Gasteiger charge is 2.72. The second-order valence-electron chi connectivity index (χ2n) is 10.7. The van der Waals surface area contributed by atoms with Crippen LogP contribution in [0, 0.1) is 11.2 Å². The third-order valence-electron chi connectivity index (χ3n) is 8.88. The lowest BCUT2D eigenvalue weighted by molar-refractivity contribution is 0.0664. The van der Waals surface area contributed by atoms with Crippen molar-refractivity contribution in [3.63, 3.8) is 0 Å². The van der Waals surface area contributed by atoms with E-state index in [0.29, 0.717) is 28.2 Å². The maximum atomic E-state index is 14.8. The van der Waals surface area contributed by atoms with Gasteiger partial charge in [-0.1, -0.05) is 54.6 Å². The van der Waals surface area contributed by atoms with Gasteiger partial charge in [-0.15, -0.1) is 0 Å². The maximum Gasteiger partial charge on any atom is 0.185 e. The lowest BCUT2D eigenvalue weighted by atomic mass is 9.64. The molecule has 42 heavy (non-hydrogen) atoms. The monoisotopic (exact) mass is 559 g/mol. The summed E-state index contributed by atoms with van der Waals surface area (Å²) in [4.78, 5) is 46.2. The lowest BCUT2D eigenvalue weighted by Gasteiger charge is -2.37. The summed E-state index contributed by atoms with van der Waals surface area (Å²) < 4.78 is 25.3. The van der Waals surface area contributed by atoms with Gasteiger partial charge in [0.2, 0.25) is 0 Å². The molecule has 0 radical (unpaired) electrons. The predicted octanol–water partition coefficient (Wildman–Crippen LogP) is 6.16. The van der Waals surface area contributed by atoms with Crippen molar-refractivity contribution in [2.24, 2.45) is 5.41 Å². The highest BCUT2D eigenvalue weighted by molar-refractivity contribution is 6.32. The van der Waals surface area contributed by atoms with Crippen LogP contribution in [0.1, 0.15) is 48.1 Å². The van der Waals surface area contributed by atoms with Crippen LogP contribution in [0.2, 0.25) is 0 Å². The van der Waals surface area contributed by atoms with Gasteiger partial charge in [0.25, 0.3) is 0 Å². The standard InChI is InChI=1S/C35H26FNO5/c1-41-23-16-17-28(42-2)26(19-23)30-31(32(38)21-11-14-22(36)15-12-21)37-27-10-6-3-7-20(27)13-18-29(37)35(30)33(39)24-8-4-5-9-25(24)34(35)40/h3-19,29-31H,1-2H3. The maximum absolute atomic E-state index is 14.8. The van der Waals surface area contributed by atoms with Crippen LogP contribution in [0.5, 0.6) is 11.5 Å². The summed E-state index contributed by atoms with van der Waals surface area (Å²) >= 11 is 0. The number of fused-ring (bicyclic) bond motifs is 5. The molecule has 7 rings (SSSR count). The van der Waals surface area contributed by atoms with Gasteiger partial charge in [0.1, 0.15) is 28.8 Å². The molecule has 3 atom stereocenters. The third kappa shape index (κ3) is 3.40. The molecule has 4 aromatic rings. The lowest BCUT2D eigenvalue weighted by Crippen LogP contribution is -2.48. The molecule has 0 aromatic heterocycles. The Morgan fingerprint density at radius 3 is 2.17 bits per heavy atom. The average Bonchev–Trinajstić information content (AvgIpc) is 3.46. The summed E-state index contributed by atoms with van der Waals surface area (Å²) in [5.41, 5.74) is 1.33. The molecule has 1 spiro atoms. The summed E-state index contributed by atoms with van der Waals surface area (Å²) in [6.07, 6.45) is 3.77. The van der Waals surface area contributed by atoms with E-state index in [9.17, 15) is 18.8 Å². The van der Waals surface area contributed by atoms with Gasteiger partial charge < -0.3 is 14.4 Å². The summed E-state index contributed by atoms with van der Waals surface area (Å²) in [7, 11) is 3.04. The van der Waals surface area contributed by atoms with Gasteiger partial charge in [0.05, 0.1) is 20.3 Å². The van der Waals surface area contributed by atoms with Crippen LogP contribution in [-0.4, -0.2) is 43.7 Å². The van der Waals surface area contributed by atoms with Gasteiger partial charge in [-0.25, -0.2) is 4.39 Å². The fourth-order valence-corrected chi connectivity index (χ4v) is 7.13. The van der Waals surface area contributed by atoms with Crippen LogP contribution >= 0.6 is 0 Å². The SMILES string of the molecule is COc1ccc(OC)c(C2C(C(=O)c3ccc(F)cc3)N3c4ccccc4C=CC3C23C(=O)c2ccccc2C3=O)c1. The minimum absolute atomic E-state index is 0.270. The molecule has 2 aliphatic heterocycles. The van der Waals surface area contributed by atoms with Crippen LogP contribution in [0.15, 0.2) is 97.1 Å². The number of para-hydroxylation sites is 1. The summed E-state index contributed by atoms with van der Waals surface area (Å²) in [6, 6.07) is 23.2. The molecule has 7 heteroatoms. The Morgan fingerprint density at radius 2 is 1.50 bits per heavy atom. The summed E-state index contributed by atoms with van der Waals surface area (Å²) in [5, 5.41) is 0. The van der Waals surface area contributed by atoms with Crippen LogP contribution in [-0.2, 0) is 0 Å². The van der Waals surface area contributed by atoms with E-state index >= 15 is 0 Å². The minimum Gasteiger partial charge on any atom is -0.497 e. The van der Waals surface area contributed by atoms with E-state index < -0.39 is 29.2 Å². The first-order valence-electron chi connectivity index (χ1n) is 13.7. The Labute approximate surface area is 242 Å². The van der Waals surface area contributed by atoms with Crippen LogP contribution < -0.4 is 14.4 Å². The Bertz CT molecular complexity index is 1780. The van der Waals surface area contributed by atoms with Gasteiger partial charge in [0, 0.05) is 33.9 Å². The Kier molecular flexibility index (Phi) is 5.87. The third-order valence-corrected chi connectivity index (χ3v) is 8.88. The van der Waals surface area contributed by atoms with E-state index in [-0.39, 0.29) is 22.9 Å². The van der Waals surface area contributed by atoms with Crippen molar-refractivity contribution in [3.05, 3.63) is 131 Å². The average molecular weight is 560 g/mol. The first kappa shape index (κ1) is 25.9. The minimum atomic E-state index is -1.69. The van der Waals surface area contributed by atoms with E-state index in [2.05, 4.69) is 0 Å². The van der Waals surface area contributed by atoms with E-state index in [1.54, 1.807) is 42.5 Å². The number of rotatable bonds is 5. The van der Waals surface area contributed by atoms with Gasteiger partial charge in [-0.3, -0.25) is 14.4 Å². The number of carbonyl (C=O) groups is 3. The number of anilines is 1. The molecule has 2 heterocycles. The quantitative estimate of drug-likeness (QED) is 0.216. The smallest absolute Gasteiger partial charge is 0.185 e. The Balaban J connectivity index is 1.58. The molecule has 1 saturated heterocycles. The summed E-state index contributed by atoms with van der Waals surface area (Å²) in [6.45, 7) is 0. The molecular weight excluding hydrogens is 533 g/mol. The molecule has 0 bridgehead atoms. The molecule has 0 saturated carbocycles. The first-order valence-corrected chi connectivity index (χ1v) is 13.7. The number of hydrogen-bond acceptors (Lipinski definition) is 6. The number of methoxy groups -OCH3 is 2. The number of halogens is 1. The van der Waals surface area contributed by atoms with Gasteiger partial charge in [-0.2, -0.15) is 0 Å². The zero-order valence-corrected chi connectivity index (χ0v) is 22.9. The number of benzene rings is 4. The molecule has 208 valence electrons. The Morgan fingerprint density at radius 1 is 0.833 bits per heavy atom. The topological polar surface area (TPSA) is 72.9 Å². The van der Waals surface area contributed by atoms with Crippen molar-refractivity contribution in [2.75, 3.05) is 19.1 Å². The van der Waals surface area contributed by atoms with Gasteiger partial charge in [-0.05, 0) is 54.1 Å². The molecule has 1 fully saturated rings. The van der Waals surface area contributed by atoms with Crippen molar-refractivity contribution in [2.45, 2.75) is 18.0 Å². The zero-order chi connectivity index (χ0) is 29.2. The van der Waals surface area contributed by atoms with Crippen molar-refractivity contribution in [1.29, 1.82) is 0 Å². The highest BCUT2D eigenvalue weighted by Crippen LogP contribution is 2.62. The van der Waals surface area contributed by atoms with Crippen LogP contribution in [0.3, 0.4) is 0 Å². The summed E-state index contributed by atoms with van der Waals surface area (Å²) in [5.74, 6) is -1.56. The van der Waals surface area contributed by atoms with Crippen molar-refractivity contribution >= 4 is 29.1 Å². The number of ketones is 3. The van der Waals surface area contributed by atoms with Crippen molar-refractivity contribution < 1.29 is 28.2 Å². The van der Waals surface area contributed by atoms with E-state index in [4.69, 9.17) is 9.47 Å². The molecule has 6 nitrogen and oxygen atoms in total. The molecule has 3 aliphatic rings. The van der Waals surface area contributed by atoms with Crippen molar-refractivity contribution in [3.8, 4) is 11.5 Å². The molecular formula is C35H26FNO5. The predicted molar refractivity (Wildman–Crippen MR) is 156 cm³/mol. The first-order chi connectivity index (χ1) is 20.4. The molecule has 4 aromatic carbocycles.